The first kappa shape index (κ1) is 21.3. The van der Waals surface area contributed by atoms with Crippen molar-refractivity contribution in [2.45, 2.75) is 57.4 Å². The van der Waals surface area contributed by atoms with Crippen LogP contribution in [0.2, 0.25) is 0 Å². The van der Waals surface area contributed by atoms with E-state index in [0.29, 0.717) is 17.2 Å². The van der Waals surface area contributed by atoms with Crippen molar-refractivity contribution in [3.8, 4) is 11.8 Å². The number of carbonyl (C=O) groups excluding carboxylic acids is 2. The van der Waals surface area contributed by atoms with Crippen molar-refractivity contribution in [2.75, 3.05) is 12.4 Å². The molecule has 1 saturated carbocycles. The molecule has 7 heteroatoms. The van der Waals surface area contributed by atoms with Crippen LogP contribution in [0.3, 0.4) is 0 Å². The minimum Gasteiger partial charge on any atom is -0.494 e. The van der Waals surface area contributed by atoms with Gasteiger partial charge in [-0.3, -0.25) is 9.59 Å². The van der Waals surface area contributed by atoms with E-state index in [0.717, 1.165) is 37.0 Å². The van der Waals surface area contributed by atoms with Gasteiger partial charge in [-0.1, -0.05) is 43.2 Å². The van der Waals surface area contributed by atoms with Gasteiger partial charge in [0.25, 0.3) is 0 Å². The summed E-state index contributed by atoms with van der Waals surface area (Å²) in [5, 5.41) is 16.1. The number of ether oxygens (including phenoxy) is 1. The second kappa shape index (κ2) is 10.4. The molecule has 1 aliphatic heterocycles. The zero-order valence-corrected chi connectivity index (χ0v) is 17.5. The van der Waals surface area contributed by atoms with Crippen molar-refractivity contribution in [3.63, 3.8) is 0 Å². The quantitative estimate of drug-likeness (QED) is 0.713. The van der Waals surface area contributed by atoms with E-state index < -0.39 is 0 Å². The van der Waals surface area contributed by atoms with Gasteiger partial charge in [-0.15, -0.1) is 0 Å². The number of rotatable bonds is 7. The molecule has 154 valence electrons. The Kier molecular flexibility index (Phi) is 7.59. The molecular weight excluding hydrogens is 386 g/mol. The van der Waals surface area contributed by atoms with E-state index in [1.54, 1.807) is 0 Å². The molecule has 0 aromatic heterocycles. The molecule has 3 rings (SSSR count). The van der Waals surface area contributed by atoms with Gasteiger partial charge in [0.2, 0.25) is 11.8 Å². The van der Waals surface area contributed by atoms with E-state index in [1.807, 2.05) is 31.2 Å². The summed E-state index contributed by atoms with van der Waals surface area (Å²) < 4.78 is 5.47. The Labute approximate surface area is 176 Å². The number of benzene rings is 1. The lowest BCUT2D eigenvalue weighted by molar-refractivity contribution is -0.121. The van der Waals surface area contributed by atoms with E-state index in [4.69, 9.17) is 4.74 Å². The average molecular weight is 414 g/mol. The molecule has 1 heterocycles. The predicted octanol–water partition coefficient (Wildman–Crippen LogP) is 3.61. The highest BCUT2D eigenvalue weighted by Gasteiger charge is 2.30. The number of hydrogen-bond donors (Lipinski definition) is 2. The SMILES string of the molecule is CCOc1ccc([C@H]2CC(=O)NC(SCC(=O)NC3CCCCC3)=C2C#N)cc1. The van der Waals surface area contributed by atoms with Crippen LogP contribution >= 0.6 is 11.8 Å². The van der Waals surface area contributed by atoms with E-state index in [2.05, 4.69) is 16.7 Å². The number of amides is 2. The van der Waals surface area contributed by atoms with E-state index in [9.17, 15) is 14.9 Å². The summed E-state index contributed by atoms with van der Waals surface area (Å²) in [5.41, 5.74) is 1.40. The van der Waals surface area contributed by atoms with Crippen molar-refractivity contribution < 1.29 is 14.3 Å². The summed E-state index contributed by atoms with van der Waals surface area (Å²) in [5.74, 6) is 0.441. The molecule has 1 atom stereocenters. The highest BCUT2D eigenvalue weighted by Crippen LogP contribution is 2.36. The number of nitrogens with one attached hydrogen (secondary N) is 2. The van der Waals surface area contributed by atoms with Crippen LogP contribution in [0.25, 0.3) is 0 Å². The minimum absolute atomic E-state index is 0.0517. The largest absolute Gasteiger partial charge is 0.494 e. The molecule has 1 fully saturated rings. The summed E-state index contributed by atoms with van der Waals surface area (Å²) >= 11 is 1.23. The number of thioether (sulfide) groups is 1. The summed E-state index contributed by atoms with van der Waals surface area (Å²) in [6.45, 7) is 2.50. The Morgan fingerprint density at radius 2 is 2.00 bits per heavy atom. The molecule has 0 bridgehead atoms. The Morgan fingerprint density at radius 3 is 2.66 bits per heavy atom. The molecule has 1 aliphatic carbocycles. The fourth-order valence-electron chi connectivity index (χ4n) is 3.83. The van der Waals surface area contributed by atoms with Crippen LogP contribution in [0, 0.1) is 11.3 Å². The monoisotopic (exact) mass is 413 g/mol. The fraction of sp³-hybridized carbons (Fsp3) is 0.500. The van der Waals surface area contributed by atoms with Crippen molar-refractivity contribution in [1.29, 1.82) is 5.26 Å². The van der Waals surface area contributed by atoms with Gasteiger partial charge in [-0.2, -0.15) is 5.26 Å². The number of hydrogen-bond acceptors (Lipinski definition) is 5. The molecule has 0 spiro atoms. The maximum absolute atomic E-state index is 12.3. The lowest BCUT2D eigenvalue weighted by atomic mass is 9.87. The first-order valence-corrected chi connectivity index (χ1v) is 11.2. The number of carbonyl (C=O) groups is 2. The standard InChI is InChI=1S/C22H27N3O3S/c1-2-28-17-10-8-15(9-11-17)18-12-20(26)25-22(19(18)13-23)29-14-21(27)24-16-6-4-3-5-7-16/h8-11,16,18H,2-7,12,14H2,1H3,(H,24,27)(H,25,26)/t18-/m1/s1. The zero-order valence-electron chi connectivity index (χ0n) is 16.7. The second-order valence-corrected chi connectivity index (χ2v) is 8.34. The maximum Gasteiger partial charge on any atom is 0.230 e. The van der Waals surface area contributed by atoms with Crippen LogP contribution in [0.5, 0.6) is 5.75 Å². The molecule has 0 unspecified atom stereocenters. The van der Waals surface area contributed by atoms with Crippen LogP contribution in [-0.2, 0) is 9.59 Å². The normalized spacial score (nSPS) is 20.0. The third-order valence-corrected chi connectivity index (χ3v) is 6.28. The van der Waals surface area contributed by atoms with E-state index in [-0.39, 0.29) is 35.9 Å². The van der Waals surface area contributed by atoms with Gasteiger partial charge < -0.3 is 15.4 Å². The van der Waals surface area contributed by atoms with Gasteiger partial charge in [-0.25, -0.2) is 0 Å². The Morgan fingerprint density at radius 1 is 1.28 bits per heavy atom. The average Bonchev–Trinajstić information content (AvgIpc) is 2.73. The van der Waals surface area contributed by atoms with Crippen LogP contribution in [0.4, 0.5) is 0 Å². The molecule has 1 aromatic rings. The lowest BCUT2D eigenvalue weighted by Crippen LogP contribution is -2.38. The Balaban J connectivity index is 1.69. The zero-order chi connectivity index (χ0) is 20.6. The molecule has 6 nitrogen and oxygen atoms in total. The van der Waals surface area contributed by atoms with Gasteiger partial charge in [0, 0.05) is 18.4 Å². The number of nitriles is 1. The van der Waals surface area contributed by atoms with E-state index in [1.165, 1.54) is 18.2 Å². The van der Waals surface area contributed by atoms with Crippen molar-refractivity contribution in [3.05, 3.63) is 40.4 Å². The molecule has 2 N–H and O–H groups in total. The van der Waals surface area contributed by atoms with Gasteiger partial charge >= 0.3 is 0 Å². The van der Waals surface area contributed by atoms with Crippen LogP contribution in [0.1, 0.15) is 56.9 Å². The Bertz CT molecular complexity index is 808. The third kappa shape index (κ3) is 5.77. The maximum atomic E-state index is 12.3. The van der Waals surface area contributed by atoms with Gasteiger partial charge in [0.05, 0.1) is 29.0 Å². The van der Waals surface area contributed by atoms with Crippen molar-refractivity contribution >= 4 is 23.6 Å². The number of allylic oxidation sites excluding steroid dienone is 1. The summed E-state index contributed by atoms with van der Waals surface area (Å²) in [4.78, 5) is 24.6. The molecule has 29 heavy (non-hydrogen) atoms. The fourth-order valence-corrected chi connectivity index (χ4v) is 4.72. The Hall–Kier alpha value is -2.46. The van der Waals surface area contributed by atoms with Gasteiger partial charge in [-0.05, 0) is 37.5 Å². The summed E-state index contributed by atoms with van der Waals surface area (Å²) in [7, 11) is 0. The first-order chi connectivity index (χ1) is 14.1. The smallest absolute Gasteiger partial charge is 0.230 e. The molecule has 1 aromatic carbocycles. The van der Waals surface area contributed by atoms with Crippen LogP contribution < -0.4 is 15.4 Å². The van der Waals surface area contributed by atoms with Gasteiger partial charge in [0.1, 0.15) is 5.75 Å². The third-order valence-electron chi connectivity index (χ3n) is 5.27. The first-order valence-electron chi connectivity index (χ1n) is 10.2. The minimum atomic E-state index is -0.312. The predicted molar refractivity (Wildman–Crippen MR) is 113 cm³/mol. The van der Waals surface area contributed by atoms with Crippen molar-refractivity contribution in [1.82, 2.24) is 10.6 Å². The lowest BCUT2D eigenvalue weighted by Gasteiger charge is -2.26. The summed E-state index contributed by atoms with van der Waals surface area (Å²) in [6, 6.07) is 9.99. The molecule has 2 aliphatic rings. The topological polar surface area (TPSA) is 91.2 Å². The number of nitrogens with zero attached hydrogens (tertiary/aromatic N) is 1. The molecular formula is C22H27N3O3S. The highest BCUT2D eigenvalue weighted by atomic mass is 32.2. The molecule has 0 saturated heterocycles. The highest BCUT2D eigenvalue weighted by molar-refractivity contribution is 8.03. The molecule has 0 radical (unpaired) electrons. The molecule has 2 amide bonds. The van der Waals surface area contributed by atoms with Crippen LogP contribution in [0.15, 0.2) is 34.9 Å². The summed E-state index contributed by atoms with van der Waals surface area (Å²) in [6.07, 6.45) is 5.81. The van der Waals surface area contributed by atoms with Crippen molar-refractivity contribution in [2.24, 2.45) is 0 Å². The van der Waals surface area contributed by atoms with Gasteiger partial charge in [0.15, 0.2) is 0 Å². The second-order valence-electron chi connectivity index (χ2n) is 7.35. The van der Waals surface area contributed by atoms with E-state index >= 15 is 0 Å². The van der Waals surface area contributed by atoms with Crippen LogP contribution in [-0.4, -0.2) is 30.2 Å².